The third-order valence-electron chi connectivity index (χ3n) is 0.393. The van der Waals surface area contributed by atoms with Gasteiger partial charge in [-0.2, -0.15) is 0 Å². The lowest BCUT2D eigenvalue weighted by Crippen LogP contribution is -3.05. The highest BCUT2D eigenvalue weighted by Crippen LogP contribution is 1.37. The quantitative estimate of drug-likeness (QED) is 0.374. The van der Waals surface area contributed by atoms with Crippen molar-refractivity contribution in [1.82, 2.24) is 0 Å². The monoisotopic (exact) mass is 104 g/mol. The fraction of sp³-hybridized carbons (Fsp3) is 0.667. The van der Waals surface area contributed by atoms with Crippen LogP contribution >= 0.6 is 0 Å². The second-order valence-corrected chi connectivity index (χ2v) is 1.25. The van der Waals surface area contributed by atoms with E-state index in [4.69, 9.17) is 0 Å². The predicted molar refractivity (Wildman–Crippen MR) is 20.1 cm³/mol. The van der Waals surface area contributed by atoms with E-state index in [1.807, 2.05) is 0 Å². The van der Waals surface area contributed by atoms with Crippen molar-refractivity contribution >= 4 is 5.97 Å². The molecule has 1 atom stereocenters. The second-order valence-electron chi connectivity index (χ2n) is 1.25. The lowest BCUT2D eigenvalue weighted by molar-refractivity contribution is -0.819. The molecular weight excluding hydrogens is 98.0 g/mol. The largest absolute Gasteiger partial charge is 0.634 e. The first kappa shape index (κ1) is 6.39. The maximum atomic E-state index is 9.83. The van der Waals surface area contributed by atoms with E-state index in [9.17, 15) is 15.1 Å². The van der Waals surface area contributed by atoms with Gasteiger partial charge in [0, 0.05) is 0 Å². The number of carboxylic acid groups (broad SMARTS) is 1. The van der Waals surface area contributed by atoms with Crippen LogP contribution in [0.25, 0.3) is 0 Å². The zero-order valence-corrected chi connectivity index (χ0v) is 3.93. The molecule has 0 aromatic heterocycles. The van der Waals surface area contributed by atoms with Crippen LogP contribution in [0.3, 0.4) is 0 Å². The van der Waals surface area contributed by atoms with Gasteiger partial charge in [0.05, 0.1) is 13.0 Å². The molecule has 42 valence electrons. The molecule has 0 rings (SSSR count). The van der Waals surface area contributed by atoms with Crippen molar-refractivity contribution in [2.45, 2.75) is 0 Å². The molecule has 0 aliphatic carbocycles. The van der Waals surface area contributed by atoms with Crippen LogP contribution < -0.4 is 10.2 Å². The molecule has 0 aliphatic rings. The Kier molecular flexibility index (Phi) is 2.32. The van der Waals surface area contributed by atoms with Crippen LogP contribution in [0.15, 0.2) is 0 Å². The Hall–Kier alpha value is -0.610. The van der Waals surface area contributed by atoms with Gasteiger partial charge in [-0.25, -0.2) is 0 Å². The molecule has 0 saturated heterocycles. The van der Waals surface area contributed by atoms with E-state index in [-0.39, 0.29) is 5.06 Å². The molecular formula is C3H6NO3-. The third-order valence-corrected chi connectivity index (χ3v) is 0.393. The van der Waals surface area contributed by atoms with E-state index >= 15 is 0 Å². The molecule has 0 aliphatic heterocycles. The molecule has 0 aromatic rings. The topological polar surface area (TPSA) is 67.6 Å². The van der Waals surface area contributed by atoms with Crippen molar-refractivity contribution in [2.75, 3.05) is 13.6 Å². The molecule has 7 heavy (non-hydrogen) atoms. The number of aliphatic carboxylic acids is 1. The SMILES string of the molecule is C[NH+]([O-])CC(=O)[O-]. The molecule has 1 unspecified atom stereocenters. The number of hydroxylamine groups is 2. The van der Waals surface area contributed by atoms with Gasteiger partial charge in [-0.3, -0.25) is 0 Å². The van der Waals surface area contributed by atoms with E-state index in [1.165, 1.54) is 7.05 Å². The average molecular weight is 104 g/mol. The summed E-state index contributed by atoms with van der Waals surface area (Å²) < 4.78 is 0. The third kappa shape index (κ3) is 5.39. The van der Waals surface area contributed by atoms with Gasteiger partial charge in [-0.05, 0) is 0 Å². The molecule has 0 saturated carbocycles. The minimum Gasteiger partial charge on any atom is -0.634 e. The van der Waals surface area contributed by atoms with Gasteiger partial charge in [0.2, 0.25) is 0 Å². The smallest absolute Gasteiger partial charge is 0.117 e. The Labute approximate surface area is 40.9 Å². The molecule has 4 heteroatoms. The Balaban J connectivity index is 3.13. The van der Waals surface area contributed by atoms with Crippen molar-refractivity contribution in [2.24, 2.45) is 0 Å². The van der Waals surface area contributed by atoms with Gasteiger partial charge in [0.1, 0.15) is 6.54 Å². The van der Waals surface area contributed by atoms with Crippen LogP contribution in [-0.2, 0) is 4.79 Å². The lowest BCUT2D eigenvalue weighted by atomic mass is 10.7. The molecule has 0 heterocycles. The van der Waals surface area contributed by atoms with E-state index in [0.717, 1.165) is 0 Å². The normalized spacial score (nSPS) is 13.4. The summed E-state index contributed by atoms with van der Waals surface area (Å²) in [7, 11) is 1.20. The summed E-state index contributed by atoms with van der Waals surface area (Å²) in [5.41, 5.74) is 0. The van der Waals surface area contributed by atoms with Gasteiger partial charge >= 0.3 is 0 Å². The van der Waals surface area contributed by atoms with E-state index in [0.29, 0.717) is 0 Å². The number of quaternary nitrogens is 1. The fourth-order valence-corrected chi connectivity index (χ4v) is 0.203. The number of hydrogen-bond acceptors (Lipinski definition) is 3. The maximum Gasteiger partial charge on any atom is 0.117 e. The summed E-state index contributed by atoms with van der Waals surface area (Å²) in [5, 5.41) is 18.9. The number of likely N-dealkylation sites (N-methyl/N-ethyl adjacent to an activating group) is 1. The average Bonchev–Trinajstić information content (AvgIpc) is 1.27. The van der Waals surface area contributed by atoms with Crippen LogP contribution in [0.4, 0.5) is 0 Å². The zero-order chi connectivity index (χ0) is 5.86. The minimum absolute atomic E-state index is 0.375. The predicted octanol–water partition coefficient (Wildman–Crippen LogP) is -3.25. The van der Waals surface area contributed by atoms with Gasteiger partial charge in [0.25, 0.3) is 0 Å². The first-order valence-electron chi connectivity index (χ1n) is 1.82. The summed E-state index contributed by atoms with van der Waals surface area (Å²) in [4.78, 5) is 9.48. The van der Waals surface area contributed by atoms with Crippen LogP contribution in [0, 0.1) is 5.21 Å². The van der Waals surface area contributed by atoms with Gasteiger partial charge in [-0.1, -0.05) is 0 Å². The van der Waals surface area contributed by atoms with Crippen LogP contribution in [0.1, 0.15) is 0 Å². The molecule has 0 spiro atoms. The standard InChI is InChI=1S/C3H7NO3/c1-4(7)2-3(5)6/h4H,2H2,1H3,(H,5,6)/p-1. The summed E-state index contributed by atoms with van der Waals surface area (Å²) in [6, 6.07) is 0. The number of hydrogen-bond donors (Lipinski definition) is 1. The van der Waals surface area contributed by atoms with Gasteiger partial charge in [0.15, 0.2) is 0 Å². The maximum absolute atomic E-state index is 9.83. The Morgan fingerprint density at radius 3 is 2.29 bits per heavy atom. The molecule has 0 radical (unpaired) electrons. The van der Waals surface area contributed by atoms with Crippen molar-refractivity contribution in [3.8, 4) is 0 Å². The Bertz CT molecular complexity index is 70.6. The van der Waals surface area contributed by atoms with Crippen LogP contribution in [-0.4, -0.2) is 19.6 Å². The Morgan fingerprint density at radius 1 is 1.86 bits per heavy atom. The summed E-state index contributed by atoms with van der Waals surface area (Å²) in [6.45, 7) is -0.472. The number of carbonyl (C=O) groups is 1. The first-order chi connectivity index (χ1) is 3.13. The van der Waals surface area contributed by atoms with Crippen molar-refractivity contribution in [1.29, 1.82) is 0 Å². The zero-order valence-electron chi connectivity index (χ0n) is 3.93. The molecule has 0 aromatic carbocycles. The fourth-order valence-electron chi connectivity index (χ4n) is 0.203. The van der Waals surface area contributed by atoms with Crippen molar-refractivity contribution in [3.05, 3.63) is 5.21 Å². The van der Waals surface area contributed by atoms with Crippen molar-refractivity contribution < 1.29 is 15.0 Å². The summed E-state index contributed by atoms with van der Waals surface area (Å²) in [6.07, 6.45) is 0. The van der Waals surface area contributed by atoms with Crippen molar-refractivity contribution in [3.63, 3.8) is 0 Å². The van der Waals surface area contributed by atoms with Gasteiger partial charge < -0.3 is 20.2 Å². The van der Waals surface area contributed by atoms with E-state index < -0.39 is 12.5 Å². The van der Waals surface area contributed by atoms with Gasteiger partial charge in [-0.15, -0.1) is 0 Å². The molecule has 4 nitrogen and oxygen atoms in total. The molecule has 0 bridgehead atoms. The lowest BCUT2D eigenvalue weighted by Gasteiger charge is -2.15. The Morgan fingerprint density at radius 2 is 2.29 bits per heavy atom. The highest BCUT2D eigenvalue weighted by molar-refractivity contribution is 5.65. The second kappa shape index (κ2) is 2.54. The highest BCUT2D eigenvalue weighted by atomic mass is 16.5. The highest BCUT2D eigenvalue weighted by Gasteiger charge is 1.84. The number of carboxylic acids is 1. The number of carbonyl (C=O) groups excluding carboxylic acids is 1. The van der Waals surface area contributed by atoms with E-state index in [2.05, 4.69) is 0 Å². The first-order valence-corrected chi connectivity index (χ1v) is 1.82. The molecule has 0 fully saturated rings. The minimum atomic E-state index is -1.31. The van der Waals surface area contributed by atoms with E-state index in [1.54, 1.807) is 0 Å². The summed E-state index contributed by atoms with van der Waals surface area (Å²) in [5.74, 6) is -1.31. The van der Waals surface area contributed by atoms with Crippen LogP contribution in [0.2, 0.25) is 0 Å². The molecule has 0 amide bonds. The summed E-state index contributed by atoms with van der Waals surface area (Å²) >= 11 is 0. The van der Waals surface area contributed by atoms with Crippen LogP contribution in [0.5, 0.6) is 0 Å². The number of nitrogens with one attached hydrogen (secondary N) is 1. The molecule has 1 N–H and O–H groups in total. The number of rotatable bonds is 2.